The van der Waals surface area contributed by atoms with E-state index in [0.29, 0.717) is 6.04 Å². The molecule has 0 bridgehead atoms. The number of hydrogen-bond acceptors (Lipinski definition) is 4. The second-order valence-corrected chi connectivity index (χ2v) is 7.25. The molecule has 2 saturated heterocycles. The monoisotopic (exact) mass is 464 g/mol. The molecule has 0 radical (unpaired) electrons. The normalized spacial score (nSPS) is 24.3. The Morgan fingerprint density at radius 3 is 3.17 bits per heavy atom. The van der Waals surface area contributed by atoms with Crippen molar-refractivity contribution in [2.24, 2.45) is 4.99 Å². The molecule has 0 aromatic carbocycles. The van der Waals surface area contributed by atoms with Crippen molar-refractivity contribution in [3.63, 3.8) is 0 Å². The van der Waals surface area contributed by atoms with E-state index >= 15 is 0 Å². The van der Waals surface area contributed by atoms with Gasteiger partial charge < -0.3 is 15.4 Å². The minimum atomic E-state index is 0. The summed E-state index contributed by atoms with van der Waals surface area (Å²) in [5.41, 5.74) is 0. The maximum Gasteiger partial charge on any atom is 0.191 e. The van der Waals surface area contributed by atoms with Crippen LogP contribution in [0.2, 0.25) is 0 Å². The van der Waals surface area contributed by atoms with Crippen LogP contribution >= 0.6 is 35.3 Å². The molecule has 2 atom stereocenters. The highest BCUT2D eigenvalue weighted by molar-refractivity contribution is 14.0. The average Bonchev–Trinajstić information content (AvgIpc) is 3.23. The third kappa shape index (κ3) is 5.86. The van der Waals surface area contributed by atoms with Crippen LogP contribution in [0.3, 0.4) is 0 Å². The van der Waals surface area contributed by atoms with Crippen molar-refractivity contribution in [2.45, 2.75) is 38.3 Å². The van der Waals surface area contributed by atoms with Crippen LogP contribution in [0.15, 0.2) is 22.5 Å². The van der Waals surface area contributed by atoms with E-state index in [2.05, 4.69) is 40.0 Å². The zero-order valence-corrected chi connectivity index (χ0v) is 17.5. The van der Waals surface area contributed by atoms with Gasteiger partial charge in [-0.05, 0) is 44.2 Å². The second-order valence-electron chi connectivity index (χ2n) is 6.22. The van der Waals surface area contributed by atoms with Crippen LogP contribution in [-0.2, 0) is 11.2 Å². The van der Waals surface area contributed by atoms with E-state index in [1.54, 1.807) is 0 Å². The molecule has 2 N–H and O–H groups in total. The number of hydrogen-bond donors (Lipinski definition) is 2. The largest absolute Gasteiger partial charge is 0.373 e. The van der Waals surface area contributed by atoms with Gasteiger partial charge in [0.1, 0.15) is 0 Å². The van der Waals surface area contributed by atoms with E-state index in [4.69, 9.17) is 9.73 Å². The van der Waals surface area contributed by atoms with Gasteiger partial charge in [0.15, 0.2) is 5.96 Å². The summed E-state index contributed by atoms with van der Waals surface area (Å²) in [6.45, 7) is 7.76. The van der Waals surface area contributed by atoms with Gasteiger partial charge in [0, 0.05) is 30.6 Å². The highest BCUT2D eigenvalue weighted by Gasteiger charge is 2.31. The lowest BCUT2D eigenvalue weighted by molar-refractivity contribution is -0.0432. The number of nitrogens with zero attached hydrogens (tertiary/aromatic N) is 2. The number of nitrogens with one attached hydrogen (secondary N) is 2. The summed E-state index contributed by atoms with van der Waals surface area (Å²) in [5.74, 6) is 0.899. The smallest absolute Gasteiger partial charge is 0.191 e. The highest BCUT2D eigenvalue weighted by atomic mass is 127. The summed E-state index contributed by atoms with van der Waals surface area (Å²) < 4.78 is 5.98. The van der Waals surface area contributed by atoms with Gasteiger partial charge >= 0.3 is 0 Å². The molecule has 136 valence electrons. The molecular formula is C17H29IN4OS. The van der Waals surface area contributed by atoms with E-state index < -0.39 is 0 Å². The molecule has 2 aliphatic rings. The lowest BCUT2D eigenvalue weighted by atomic mass is 10.2. The van der Waals surface area contributed by atoms with Crippen LogP contribution in [0.1, 0.15) is 24.6 Å². The molecule has 0 amide bonds. The molecule has 5 nitrogen and oxygen atoms in total. The van der Waals surface area contributed by atoms with Crippen molar-refractivity contribution < 1.29 is 4.74 Å². The van der Waals surface area contributed by atoms with Gasteiger partial charge in [0.25, 0.3) is 0 Å². The van der Waals surface area contributed by atoms with Gasteiger partial charge in [0.05, 0.1) is 19.3 Å². The standard InChI is InChI=1S/C17H28N4OS.HI/c1-2-18-17(19-8-7-16-6-4-10-23-16)20-11-15-12-21-9-3-5-14(21)13-22-15;/h4,6,10,14-15H,2-3,5,7-9,11-13H2,1H3,(H2,18,19,20);1H. The third-order valence-corrected chi connectivity index (χ3v) is 5.44. The molecule has 0 aliphatic carbocycles. The van der Waals surface area contributed by atoms with Crippen molar-refractivity contribution in [1.82, 2.24) is 15.5 Å². The number of fused-ring (bicyclic) bond motifs is 1. The molecule has 0 spiro atoms. The number of halogens is 1. The SMILES string of the molecule is CCNC(=NCC1CN2CCCC2CO1)NCCc1cccs1.I. The van der Waals surface area contributed by atoms with Crippen molar-refractivity contribution in [3.05, 3.63) is 22.4 Å². The predicted molar refractivity (Wildman–Crippen MR) is 112 cm³/mol. The second kappa shape index (κ2) is 10.6. The molecule has 2 aliphatic heterocycles. The van der Waals surface area contributed by atoms with Gasteiger partial charge in [-0.25, -0.2) is 0 Å². The Kier molecular flexibility index (Phi) is 8.79. The Morgan fingerprint density at radius 1 is 1.46 bits per heavy atom. The van der Waals surface area contributed by atoms with Crippen molar-refractivity contribution in [3.8, 4) is 0 Å². The average molecular weight is 464 g/mol. The third-order valence-electron chi connectivity index (χ3n) is 4.50. The Morgan fingerprint density at radius 2 is 2.38 bits per heavy atom. The summed E-state index contributed by atoms with van der Waals surface area (Å²) >= 11 is 1.81. The Labute approximate surface area is 166 Å². The zero-order valence-electron chi connectivity index (χ0n) is 14.4. The van der Waals surface area contributed by atoms with Gasteiger partial charge in [-0.3, -0.25) is 9.89 Å². The van der Waals surface area contributed by atoms with Gasteiger partial charge in [-0.15, -0.1) is 35.3 Å². The summed E-state index contributed by atoms with van der Waals surface area (Å²) in [6, 6.07) is 4.94. The molecule has 3 rings (SSSR count). The van der Waals surface area contributed by atoms with Crippen molar-refractivity contribution in [2.75, 3.05) is 39.3 Å². The predicted octanol–water partition coefficient (Wildman–Crippen LogP) is 2.33. The van der Waals surface area contributed by atoms with E-state index in [1.807, 2.05) is 11.3 Å². The first kappa shape index (κ1) is 19.9. The summed E-state index contributed by atoms with van der Waals surface area (Å²) in [7, 11) is 0. The first-order chi connectivity index (χ1) is 11.3. The molecule has 1 aromatic heterocycles. The van der Waals surface area contributed by atoms with Crippen LogP contribution < -0.4 is 10.6 Å². The molecule has 24 heavy (non-hydrogen) atoms. The maximum absolute atomic E-state index is 5.98. The summed E-state index contributed by atoms with van der Waals surface area (Å²) in [5, 5.41) is 8.87. The van der Waals surface area contributed by atoms with E-state index in [1.165, 1.54) is 24.3 Å². The fraction of sp³-hybridized carbons (Fsp3) is 0.706. The molecule has 7 heteroatoms. The first-order valence-corrected chi connectivity index (χ1v) is 9.63. The van der Waals surface area contributed by atoms with Crippen molar-refractivity contribution in [1.29, 1.82) is 0 Å². The first-order valence-electron chi connectivity index (χ1n) is 8.75. The number of guanidine groups is 1. The summed E-state index contributed by atoms with van der Waals surface area (Å²) in [6.07, 6.45) is 3.88. The number of ether oxygens (including phenoxy) is 1. The Hall–Kier alpha value is -0.380. The van der Waals surface area contributed by atoms with Crippen molar-refractivity contribution >= 4 is 41.3 Å². The van der Waals surface area contributed by atoms with Crippen LogP contribution in [-0.4, -0.2) is 62.3 Å². The molecular weight excluding hydrogens is 435 g/mol. The fourth-order valence-corrected chi connectivity index (χ4v) is 4.00. The lowest BCUT2D eigenvalue weighted by Gasteiger charge is -2.34. The van der Waals surface area contributed by atoms with Crippen LogP contribution in [0.5, 0.6) is 0 Å². The lowest BCUT2D eigenvalue weighted by Crippen LogP contribution is -2.47. The quantitative estimate of drug-likeness (QED) is 0.386. The van der Waals surface area contributed by atoms with E-state index in [0.717, 1.165) is 45.2 Å². The number of thiophene rings is 1. The van der Waals surface area contributed by atoms with Gasteiger partial charge in [-0.2, -0.15) is 0 Å². The maximum atomic E-state index is 5.98. The van der Waals surface area contributed by atoms with Crippen LogP contribution in [0.4, 0.5) is 0 Å². The van der Waals surface area contributed by atoms with Gasteiger partial charge in [0.2, 0.25) is 0 Å². The number of aliphatic imine (C=N–C) groups is 1. The van der Waals surface area contributed by atoms with E-state index in [9.17, 15) is 0 Å². The molecule has 2 unspecified atom stereocenters. The van der Waals surface area contributed by atoms with Crippen LogP contribution in [0, 0.1) is 0 Å². The number of morpholine rings is 1. The molecule has 3 heterocycles. The van der Waals surface area contributed by atoms with Crippen LogP contribution in [0.25, 0.3) is 0 Å². The zero-order chi connectivity index (χ0) is 15.9. The minimum Gasteiger partial charge on any atom is -0.373 e. The Bertz CT molecular complexity index is 497. The molecule has 0 saturated carbocycles. The highest BCUT2D eigenvalue weighted by Crippen LogP contribution is 2.22. The topological polar surface area (TPSA) is 48.9 Å². The fourth-order valence-electron chi connectivity index (χ4n) is 3.29. The summed E-state index contributed by atoms with van der Waals surface area (Å²) in [4.78, 5) is 8.69. The molecule has 1 aromatic rings. The Balaban J connectivity index is 0.00000208. The van der Waals surface area contributed by atoms with E-state index in [-0.39, 0.29) is 30.1 Å². The minimum absolute atomic E-state index is 0. The van der Waals surface area contributed by atoms with Gasteiger partial charge in [-0.1, -0.05) is 6.07 Å². The number of rotatable bonds is 6. The molecule has 2 fully saturated rings.